The second kappa shape index (κ2) is 6.41. The molecule has 0 aromatic carbocycles. The number of aryl methyl sites for hydroxylation is 1. The molecule has 1 fully saturated rings. The zero-order chi connectivity index (χ0) is 15.6. The van der Waals surface area contributed by atoms with Crippen molar-refractivity contribution in [2.45, 2.75) is 30.7 Å². The molecule has 2 rings (SSSR count). The van der Waals surface area contributed by atoms with Gasteiger partial charge in [0.25, 0.3) is 10.0 Å². The van der Waals surface area contributed by atoms with Crippen LogP contribution in [0.15, 0.2) is 9.63 Å². The van der Waals surface area contributed by atoms with Crippen LogP contribution in [0.3, 0.4) is 0 Å². The van der Waals surface area contributed by atoms with Crippen LogP contribution in [0.25, 0.3) is 0 Å². The van der Waals surface area contributed by atoms with Crippen LogP contribution in [0.4, 0.5) is 0 Å². The van der Waals surface area contributed by atoms with Gasteiger partial charge in [0.2, 0.25) is 5.03 Å². The largest absolute Gasteiger partial charge is 0.481 e. The van der Waals surface area contributed by atoms with Gasteiger partial charge in [-0.15, -0.1) is 5.10 Å². The minimum Gasteiger partial charge on any atom is -0.481 e. The second-order valence-corrected chi connectivity index (χ2v) is 7.58. The Labute approximate surface area is 131 Å². The fourth-order valence-electron chi connectivity index (χ4n) is 2.67. The predicted octanol–water partition coefficient (Wildman–Crippen LogP) is 0.747. The van der Waals surface area contributed by atoms with Crippen molar-refractivity contribution in [2.24, 2.45) is 18.9 Å². The maximum Gasteiger partial charge on any atom is 0.306 e. The van der Waals surface area contributed by atoms with Crippen molar-refractivity contribution in [1.29, 1.82) is 0 Å². The summed E-state index contributed by atoms with van der Waals surface area (Å²) in [6.45, 7) is 0.108. The Bertz CT molecular complexity index is 611. The molecule has 21 heavy (non-hydrogen) atoms. The molecule has 1 aliphatic rings. The van der Waals surface area contributed by atoms with E-state index in [9.17, 15) is 18.3 Å². The zero-order valence-electron chi connectivity index (χ0n) is 11.5. The first-order chi connectivity index (χ1) is 9.83. The summed E-state index contributed by atoms with van der Waals surface area (Å²) in [5.74, 6) is -1.54. The number of carboxylic acid groups (broad SMARTS) is 1. The highest BCUT2D eigenvalue weighted by Gasteiger charge is 2.32. The minimum absolute atomic E-state index is 0.0646. The zero-order valence-corrected chi connectivity index (χ0v) is 13.9. The lowest BCUT2D eigenvalue weighted by atomic mass is 9.79. The summed E-state index contributed by atoms with van der Waals surface area (Å²) in [4.78, 5) is 11.2. The van der Waals surface area contributed by atoms with Crippen molar-refractivity contribution in [3.8, 4) is 0 Å². The lowest BCUT2D eigenvalue weighted by Gasteiger charge is -2.28. The van der Waals surface area contributed by atoms with E-state index in [2.05, 4.69) is 31.0 Å². The molecule has 2 atom stereocenters. The number of aliphatic carboxylic acids is 1. The molecule has 1 aromatic rings. The number of hydrogen-bond donors (Lipinski definition) is 2. The molecule has 0 aliphatic heterocycles. The number of aromatic nitrogens is 3. The number of halogens is 1. The van der Waals surface area contributed by atoms with Crippen molar-refractivity contribution in [2.75, 3.05) is 6.54 Å². The van der Waals surface area contributed by atoms with Crippen molar-refractivity contribution in [3.05, 3.63) is 4.60 Å². The fraction of sp³-hybridized carbons (Fsp3) is 0.727. The third kappa shape index (κ3) is 3.61. The summed E-state index contributed by atoms with van der Waals surface area (Å²) in [5, 5.41) is 16.4. The molecule has 2 unspecified atom stereocenters. The average molecular weight is 381 g/mol. The van der Waals surface area contributed by atoms with Crippen LogP contribution in [-0.2, 0) is 21.9 Å². The third-order valence-corrected chi connectivity index (χ3v) is 6.06. The van der Waals surface area contributed by atoms with Crippen LogP contribution in [0.1, 0.15) is 25.7 Å². The summed E-state index contributed by atoms with van der Waals surface area (Å²) >= 11 is 3.05. The molecule has 0 spiro atoms. The molecular formula is C11H17BrN4O4S. The van der Waals surface area contributed by atoms with Gasteiger partial charge in [-0.05, 0) is 34.7 Å². The van der Waals surface area contributed by atoms with Gasteiger partial charge in [-0.1, -0.05) is 18.1 Å². The Kier molecular flexibility index (Phi) is 4.99. The number of nitrogens with one attached hydrogen (secondary N) is 1. The van der Waals surface area contributed by atoms with E-state index in [0.717, 1.165) is 17.5 Å². The monoisotopic (exact) mass is 380 g/mol. The predicted molar refractivity (Wildman–Crippen MR) is 77.0 cm³/mol. The van der Waals surface area contributed by atoms with E-state index in [4.69, 9.17) is 0 Å². The molecule has 1 heterocycles. The highest BCUT2D eigenvalue weighted by atomic mass is 79.9. The molecule has 8 nitrogen and oxygen atoms in total. The lowest BCUT2D eigenvalue weighted by Crippen LogP contribution is -2.37. The molecule has 0 radical (unpaired) electrons. The first kappa shape index (κ1) is 16.4. The van der Waals surface area contributed by atoms with Crippen LogP contribution >= 0.6 is 15.9 Å². The van der Waals surface area contributed by atoms with Gasteiger partial charge in [0.15, 0.2) is 4.60 Å². The van der Waals surface area contributed by atoms with E-state index >= 15 is 0 Å². The standard InChI is InChI=1S/C11H17BrN4O4S/c1-16-10(9(12)14-15-16)21(19,20)13-6-7-4-2-3-5-8(7)11(17)18/h7-8,13H,2-6H2,1H3,(H,17,18). The average Bonchev–Trinajstić information content (AvgIpc) is 2.77. The van der Waals surface area contributed by atoms with E-state index in [1.807, 2.05) is 0 Å². The quantitative estimate of drug-likeness (QED) is 0.778. The molecule has 1 saturated carbocycles. The molecule has 2 N–H and O–H groups in total. The smallest absolute Gasteiger partial charge is 0.306 e. The maximum atomic E-state index is 12.3. The van der Waals surface area contributed by atoms with E-state index in [-0.39, 0.29) is 22.1 Å². The summed E-state index contributed by atoms with van der Waals surface area (Å²) in [6, 6.07) is 0. The summed E-state index contributed by atoms with van der Waals surface area (Å²) in [7, 11) is -2.30. The van der Waals surface area contributed by atoms with Crippen LogP contribution in [0.2, 0.25) is 0 Å². The van der Waals surface area contributed by atoms with Gasteiger partial charge in [-0.2, -0.15) is 0 Å². The first-order valence-corrected chi connectivity index (χ1v) is 8.88. The second-order valence-electron chi connectivity index (χ2n) is 5.15. The molecule has 10 heteroatoms. The normalized spacial score (nSPS) is 23.1. The van der Waals surface area contributed by atoms with Gasteiger partial charge in [0.05, 0.1) is 5.92 Å². The van der Waals surface area contributed by atoms with E-state index in [0.29, 0.717) is 12.8 Å². The SMILES string of the molecule is Cn1nnc(Br)c1S(=O)(=O)NCC1CCCCC1C(=O)O. The molecule has 0 bridgehead atoms. The van der Waals surface area contributed by atoms with E-state index in [1.54, 1.807) is 0 Å². The highest BCUT2D eigenvalue weighted by Crippen LogP contribution is 2.30. The van der Waals surface area contributed by atoms with Crippen LogP contribution in [0, 0.1) is 11.8 Å². The number of rotatable bonds is 5. The van der Waals surface area contributed by atoms with Crippen molar-refractivity contribution >= 4 is 31.9 Å². The van der Waals surface area contributed by atoms with Gasteiger partial charge in [0.1, 0.15) is 0 Å². The maximum absolute atomic E-state index is 12.3. The van der Waals surface area contributed by atoms with Crippen molar-refractivity contribution in [1.82, 2.24) is 19.7 Å². The van der Waals surface area contributed by atoms with Crippen molar-refractivity contribution in [3.63, 3.8) is 0 Å². The topological polar surface area (TPSA) is 114 Å². The summed E-state index contributed by atoms with van der Waals surface area (Å²) in [5.41, 5.74) is 0. The van der Waals surface area contributed by atoms with Gasteiger partial charge in [-0.3, -0.25) is 4.79 Å². The molecule has 0 amide bonds. The van der Waals surface area contributed by atoms with Crippen LogP contribution in [-0.4, -0.2) is 41.0 Å². The number of hydrogen-bond acceptors (Lipinski definition) is 5. The summed E-state index contributed by atoms with van der Waals surface area (Å²) in [6.07, 6.45) is 3.10. The number of carboxylic acids is 1. The van der Waals surface area contributed by atoms with Gasteiger partial charge < -0.3 is 5.11 Å². The number of nitrogens with zero attached hydrogens (tertiary/aromatic N) is 3. The van der Waals surface area contributed by atoms with Gasteiger partial charge in [0, 0.05) is 13.6 Å². The van der Waals surface area contributed by atoms with Crippen molar-refractivity contribution < 1.29 is 18.3 Å². The van der Waals surface area contributed by atoms with E-state index in [1.165, 1.54) is 7.05 Å². The Morgan fingerprint density at radius 1 is 1.48 bits per heavy atom. The minimum atomic E-state index is -3.78. The molecule has 118 valence electrons. The number of carbonyl (C=O) groups is 1. The lowest BCUT2D eigenvalue weighted by molar-refractivity contribution is -0.144. The third-order valence-electron chi connectivity index (χ3n) is 3.75. The molecule has 0 saturated heterocycles. The highest BCUT2D eigenvalue weighted by molar-refractivity contribution is 9.10. The summed E-state index contributed by atoms with van der Waals surface area (Å²) < 4.78 is 28.3. The molecule has 1 aromatic heterocycles. The molecule has 1 aliphatic carbocycles. The van der Waals surface area contributed by atoms with Crippen LogP contribution < -0.4 is 4.72 Å². The van der Waals surface area contributed by atoms with Gasteiger partial charge in [-0.25, -0.2) is 17.8 Å². The van der Waals surface area contributed by atoms with E-state index < -0.39 is 21.9 Å². The van der Waals surface area contributed by atoms with Gasteiger partial charge >= 0.3 is 5.97 Å². The Hall–Kier alpha value is -1.00. The fourth-order valence-corrected chi connectivity index (χ4v) is 4.85. The van der Waals surface area contributed by atoms with Crippen LogP contribution in [0.5, 0.6) is 0 Å². The Morgan fingerprint density at radius 3 is 2.71 bits per heavy atom. The first-order valence-electron chi connectivity index (χ1n) is 6.60. The number of sulfonamides is 1. The Morgan fingerprint density at radius 2 is 2.14 bits per heavy atom. The molecular weight excluding hydrogens is 364 g/mol. The Balaban J connectivity index is 2.09.